The highest BCUT2D eigenvalue weighted by Gasteiger charge is 2.14. The summed E-state index contributed by atoms with van der Waals surface area (Å²) < 4.78 is 17.9. The lowest BCUT2D eigenvalue weighted by atomic mass is 10.2. The Labute approximate surface area is 123 Å². The van der Waals surface area contributed by atoms with Crippen LogP contribution in [-0.2, 0) is 16.0 Å². The molecule has 2 rings (SSSR count). The van der Waals surface area contributed by atoms with Crippen LogP contribution >= 0.6 is 11.3 Å². The summed E-state index contributed by atoms with van der Waals surface area (Å²) in [5.74, 6) is -1.87. The molecule has 0 atom stereocenters. The smallest absolute Gasteiger partial charge is 0.340 e. The Morgan fingerprint density at radius 3 is 2.86 bits per heavy atom. The molecule has 0 radical (unpaired) electrons. The first-order valence-electron chi connectivity index (χ1n) is 5.87. The van der Waals surface area contributed by atoms with Crippen LogP contribution in [0.2, 0.25) is 0 Å². The van der Waals surface area contributed by atoms with Gasteiger partial charge in [-0.1, -0.05) is 0 Å². The summed E-state index contributed by atoms with van der Waals surface area (Å²) in [6.45, 7) is 0. The van der Waals surface area contributed by atoms with E-state index in [9.17, 15) is 14.0 Å². The number of hydrogen-bond donors (Lipinski definition) is 2. The molecule has 1 heterocycles. The van der Waals surface area contributed by atoms with E-state index < -0.39 is 11.8 Å². The number of nitrogens with two attached hydrogens (primary N) is 1. The van der Waals surface area contributed by atoms with Crippen molar-refractivity contribution in [2.45, 2.75) is 6.42 Å². The Hall–Kier alpha value is -2.48. The van der Waals surface area contributed by atoms with Crippen LogP contribution in [-0.4, -0.2) is 24.0 Å². The van der Waals surface area contributed by atoms with Gasteiger partial charge in [0.05, 0.1) is 24.8 Å². The number of amides is 1. The maximum Gasteiger partial charge on any atom is 0.340 e. The highest BCUT2D eigenvalue weighted by molar-refractivity contribution is 7.13. The SMILES string of the molecule is COC(=O)c1cc(NC(=O)Cc2csc(N)n2)ccc1F. The fraction of sp³-hybridized carbons (Fsp3) is 0.154. The minimum atomic E-state index is -0.809. The number of hydrogen-bond acceptors (Lipinski definition) is 6. The Kier molecular flexibility index (Phi) is 4.49. The van der Waals surface area contributed by atoms with Gasteiger partial charge in [-0.2, -0.15) is 0 Å². The maximum absolute atomic E-state index is 13.5. The molecular formula is C13H12FN3O3S. The first-order chi connectivity index (χ1) is 9.99. The van der Waals surface area contributed by atoms with Crippen LogP contribution in [0.25, 0.3) is 0 Å². The highest BCUT2D eigenvalue weighted by atomic mass is 32.1. The molecule has 0 fully saturated rings. The number of nitrogens with one attached hydrogen (secondary N) is 1. The van der Waals surface area contributed by atoms with Crippen molar-refractivity contribution in [1.29, 1.82) is 0 Å². The minimum absolute atomic E-state index is 0.0403. The van der Waals surface area contributed by atoms with Gasteiger partial charge in [0, 0.05) is 11.1 Å². The average molecular weight is 309 g/mol. The van der Waals surface area contributed by atoms with Crippen LogP contribution in [0.3, 0.4) is 0 Å². The van der Waals surface area contributed by atoms with E-state index in [0.717, 1.165) is 13.2 Å². The van der Waals surface area contributed by atoms with Gasteiger partial charge in [0.2, 0.25) is 5.91 Å². The van der Waals surface area contributed by atoms with Gasteiger partial charge in [-0.15, -0.1) is 11.3 Å². The number of aromatic nitrogens is 1. The van der Waals surface area contributed by atoms with Crippen molar-refractivity contribution in [2.24, 2.45) is 0 Å². The van der Waals surface area contributed by atoms with Crippen molar-refractivity contribution >= 4 is 34.0 Å². The van der Waals surface area contributed by atoms with Crippen LogP contribution in [0.4, 0.5) is 15.2 Å². The summed E-state index contributed by atoms with van der Waals surface area (Å²) >= 11 is 1.24. The number of nitrogen functional groups attached to an aromatic ring is 1. The van der Waals surface area contributed by atoms with Crippen LogP contribution in [0.1, 0.15) is 16.1 Å². The quantitative estimate of drug-likeness (QED) is 0.840. The number of methoxy groups -OCH3 is 1. The van der Waals surface area contributed by atoms with Crippen LogP contribution in [0.5, 0.6) is 0 Å². The van der Waals surface area contributed by atoms with Gasteiger partial charge in [-0.05, 0) is 18.2 Å². The zero-order chi connectivity index (χ0) is 15.4. The predicted molar refractivity (Wildman–Crippen MR) is 76.6 cm³/mol. The Balaban J connectivity index is 2.08. The van der Waals surface area contributed by atoms with Gasteiger partial charge in [0.1, 0.15) is 5.82 Å². The third kappa shape index (κ3) is 3.76. The van der Waals surface area contributed by atoms with Gasteiger partial charge in [0.25, 0.3) is 0 Å². The normalized spacial score (nSPS) is 10.2. The molecule has 3 N–H and O–H groups in total. The Morgan fingerprint density at radius 1 is 1.48 bits per heavy atom. The molecule has 0 saturated carbocycles. The second-order valence-electron chi connectivity index (χ2n) is 4.09. The van der Waals surface area contributed by atoms with Gasteiger partial charge >= 0.3 is 5.97 Å². The second kappa shape index (κ2) is 6.31. The third-order valence-electron chi connectivity index (χ3n) is 2.57. The summed E-state index contributed by atoms with van der Waals surface area (Å²) in [6, 6.07) is 3.66. The van der Waals surface area contributed by atoms with Crippen LogP contribution in [0.15, 0.2) is 23.6 Å². The lowest BCUT2D eigenvalue weighted by Gasteiger charge is -2.07. The molecule has 1 aromatic carbocycles. The summed E-state index contributed by atoms with van der Waals surface area (Å²) in [5.41, 5.74) is 6.08. The monoisotopic (exact) mass is 309 g/mol. The standard InChI is InChI=1S/C13H12FN3O3S/c1-20-12(19)9-4-7(2-3-10(9)14)16-11(18)5-8-6-21-13(15)17-8/h2-4,6H,5H2,1H3,(H2,15,17)(H,16,18). The van der Waals surface area contributed by atoms with E-state index in [2.05, 4.69) is 15.0 Å². The van der Waals surface area contributed by atoms with Gasteiger partial charge in [-0.3, -0.25) is 4.79 Å². The average Bonchev–Trinajstić information content (AvgIpc) is 2.85. The summed E-state index contributed by atoms with van der Waals surface area (Å²) in [4.78, 5) is 27.2. The number of ether oxygens (including phenoxy) is 1. The van der Waals surface area contributed by atoms with E-state index in [1.54, 1.807) is 5.38 Å². The molecule has 0 aliphatic carbocycles. The maximum atomic E-state index is 13.5. The van der Waals surface area contributed by atoms with Gasteiger partial charge < -0.3 is 15.8 Å². The minimum Gasteiger partial charge on any atom is -0.465 e. The molecule has 110 valence electrons. The Morgan fingerprint density at radius 2 is 2.24 bits per heavy atom. The molecule has 2 aromatic rings. The zero-order valence-electron chi connectivity index (χ0n) is 11.1. The first-order valence-corrected chi connectivity index (χ1v) is 6.75. The summed E-state index contributed by atoms with van der Waals surface area (Å²) in [5, 5.41) is 4.62. The lowest BCUT2D eigenvalue weighted by Crippen LogP contribution is -2.15. The number of rotatable bonds is 4. The molecule has 0 aliphatic rings. The van der Waals surface area contributed by atoms with Crippen LogP contribution < -0.4 is 11.1 Å². The van der Waals surface area contributed by atoms with E-state index >= 15 is 0 Å². The second-order valence-corrected chi connectivity index (χ2v) is 4.98. The topological polar surface area (TPSA) is 94.3 Å². The van der Waals surface area contributed by atoms with Crippen molar-refractivity contribution in [3.05, 3.63) is 40.7 Å². The zero-order valence-corrected chi connectivity index (χ0v) is 11.9. The number of benzene rings is 1. The molecular weight excluding hydrogens is 297 g/mol. The molecule has 0 saturated heterocycles. The van der Waals surface area contributed by atoms with Crippen molar-refractivity contribution in [1.82, 2.24) is 4.98 Å². The van der Waals surface area contributed by atoms with Crippen molar-refractivity contribution in [2.75, 3.05) is 18.2 Å². The number of carbonyl (C=O) groups excluding carboxylic acids is 2. The predicted octanol–water partition coefficient (Wildman–Crippen LogP) is 1.83. The van der Waals surface area contributed by atoms with Crippen molar-refractivity contribution in [3.8, 4) is 0 Å². The van der Waals surface area contributed by atoms with E-state index in [-0.39, 0.29) is 17.9 Å². The summed E-state index contributed by atoms with van der Waals surface area (Å²) in [6.07, 6.45) is 0.0403. The van der Waals surface area contributed by atoms with Crippen molar-refractivity contribution < 1.29 is 18.7 Å². The van der Waals surface area contributed by atoms with Gasteiger partial charge in [0.15, 0.2) is 5.13 Å². The fourth-order valence-electron chi connectivity index (χ4n) is 1.64. The Bertz CT molecular complexity index is 687. The molecule has 8 heteroatoms. The van der Waals surface area contributed by atoms with Crippen LogP contribution in [0, 0.1) is 5.82 Å². The van der Waals surface area contributed by atoms with E-state index in [1.165, 1.54) is 23.5 Å². The molecule has 6 nitrogen and oxygen atoms in total. The number of nitrogens with zero attached hydrogens (tertiary/aromatic N) is 1. The molecule has 0 unspecified atom stereocenters. The largest absolute Gasteiger partial charge is 0.465 e. The number of thiazole rings is 1. The summed E-state index contributed by atoms with van der Waals surface area (Å²) in [7, 11) is 1.15. The molecule has 1 amide bonds. The molecule has 0 bridgehead atoms. The number of esters is 1. The van der Waals surface area contributed by atoms with E-state index in [1.807, 2.05) is 0 Å². The van der Waals surface area contributed by atoms with Gasteiger partial charge in [-0.25, -0.2) is 14.2 Å². The fourth-order valence-corrected chi connectivity index (χ4v) is 2.21. The van der Waals surface area contributed by atoms with Crippen molar-refractivity contribution in [3.63, 3.8) is 0 Å². The number of carbonyl (C=O) groups is 2. The number of anilines is 2. The first kappa shape index (κ1) is 14.9. The molecule has 0 spiro atoms. The van der Waals surface area contributed by atoms with E-state index in [4.69, 9.17) is 5.73 Å². The molecule has 0 aliphatic heterocycles. The molecule has 1 aromatic heterocycles. The van der Waals surface area contributed by atoms with E-state index in [0.29, 0.717) is 16.5 Å². The highest BCUT2D eigenvalue weighted by Crippen LogP contribution is 2.17. The lowest BCUT2D eigenvalue weighted by molar-refractivity contribution is -0.115. The number of halogens is 1. The third-order valence-corrected chi connectivity index (χ3v) is 3.29. The molecule has 21 heavy (non-hydrogen) atoms.